The molecule has 0 saturated heterocycles. The van der Waals surface area contributed by atoms with E-state index in [1.807, 2.05) is 29.9 Å². The van der Waals surface area contributed by atoms with Crippen LogP contribution in [0.1, 0.15) is 31.1 Å². The van der Waals surface area contributed by atoms with Crippen LogP contribution >= 0.6 is 11.6 Å². The fourth-order valence-corrected chi connectivity index (χ4v) is 2.76. The first-order valence-corrected chi connectivity index (χ1v) is 7.90. The second kappa shape index (κ2) is 7.62. The molecule has 1 unspecified atom stereocenters. The highest BCUT2D eigenvalue weighted by molar-refractivity contribution is 6.31. The number of benzene rings is 1. The molecule has 2 rings (SSSR count). The number of nitrogens with one attached hydrogen (secondary N) is 1. The van der Waals surface area contributed by atoms with E-state index in [2.05, 4.69) is 42.6 Å². The number of hydrogen-bond acceptors (Lipinski definition) is 2. The van der Waals surface area contributed by atoms with Crippen LogP contribution in [-0.4, -0.2) is 23.4 Å². The third-order valence-corrected chi connectivity index (χ3v) is 4.02. The van der Waals surface area contributed by atoms with Gasteiger partial charge in [0.1, 0.15) is 0 Å². The summed E-state index contributed by atoms with van der Waals surface area (Å²) < 4.78 is 2.02. The molecule has 0 fully saturated rings. The molecule has 0 radical (unpaired) electrons. The van der Waals surface area contributed by atoms with E-state index in [4.69, 9.17) is 11.6 Å². The van der Waals surface area contributed by atoms with E-state index >= 15 is 0 Å². The molecule has 0 bridgehead atoms. The van der Waals surface area contributed by atoms with Crippen molar-refractivity contribution in [1.29, 1.82) is 0 Å². The van der Waals surface area contributed by atoms with Gasteiger partial charge >= 0.3 is 0 Å². The monoisotopic (exact) mass is 305 g/mol. The van der Waals surface area contributed by atoms with E-state index < -0.39 is 0 Å². The van der Waals surface area contributed by atoms with Gasteiger partial charge in [-0.15, -0.1) is 0 Å². The minimum atomic E-state index is 0.407. The quantitative estimate of drug-likeness (QED) is 0.844. The molecular weight excluding hydrogens is 282 g/mol. The molecule has 0 amide bonds. The van der Waals surface area contributed by atoms with Gasteiger partial charge in [-0.2, -0.15) is 5.10 Å². The van der Waals surface area contributed by atoms with Crippen molar-refractivity contribution >= 4 is 11.6 Å². The van der Waals surface area contributed by atoms with Crippen molar-refractivity contribution < 1.29 is 0 Å². The van der Waals surface area contributed by atoms with Crippen molar-refractivity contribution in [2.24, 2.45) is 5.92 Å². The smallest absolute Gasteiger partial charge is 0.0628 e. The Hall–Kier alpha value is -1.32. The van der Waals surface area contributed by atoms with E-state index in [9.17, 15) is 0 Å². The van der Waals surface area contributed by atoms with Gasteiger partial charge in [-0.1, -0.05) is 29.8 Å². The summed E-state index contributed by atoms with van der Waals surface area (Å²) in [6.45, 7) is 5.25. The molecule has 0 spiro atoms. The van der Waals surface area contributed by atoms with Gasteiger partial charge in [-0.25, -0.2) is 0 Å². The zero-order valence-corrected chi connectivity index (χ0v) is 13.8. The van der Waals surface area contributed by atoms with Crippen molar-refractivity contribution in [2.45, 2.75) is 32.7 Å². The van der Waals surface area contributed by atoms with Gasteiger partial charge in [0, 0.05) is 17.3 Å². The van der Waals surface area contributed by atoms with Crippen LogP contribution in [0.2, 0.25) is 5.02 Å². The summed E-state index contributed by atoms with van der Waals surface area (Å²) >= 11 is 6.28. The Balaban J connectivity index is 2.06. The first-order chi connectivity index (χ1) is 10.1. The Bertz CT molecular complexity index is 563. The molecule has 1 atom stereocenters. The highest BCUT2D eigenvalue weighted by Gasteiger charge is 2.14. The van der Waals surface area contributed by atoms with Crippen LogP contribution in [0.4, 0.5) is 0 Å². The molecule has 1 heterocycles. The third-order valence-electron chi connectivity index (χ3n) is 3.65. The molecule has 0 aliphatic carbocycles. The second-order valence-corrected chi connectivity index (χ2v) is 6.21. The molecule has 1 N–H and O–H groups in total. The molecule has 114 valence electrons. The summed E-state index contributed by atoms with van der Waals surface area (Å²) in [6, 6.07) is 10.6. The van der Waals surface area contributed by atoms with Gasteiger partial charge in [0.2, 0.25) is 0 Å². The molecule has 2 aromatic rings. The first-order valence-electron chi connectivity index (χ1n) is 7.52. The number of rotatable bonds is 7. The Labute approximate surface area is 132 Å². The zero-order valence-electron chi connectivity index (χ0n) is 13.0. The summed E-state index contributed by atoms with van der Waals surface area (Å²) in [5.74, 6) is 0.491. The van der Waals surface area contributed by atoms with Crippen molar-refractivity contribution in [1.82, 2.24) is 15.1 Å². The molecule has 0 aliphatic rings. The van der Waals surface area contributed by atoms with Crippen molar-refractivity contribution in [2.75, 3.05) is 13.6 Å². The summed E-state index contributed by atoms with van der Waals surface area (Å²) in [4.78, 5) is 0. The maximum absolute atomic E-state index is 6.28. The Morgan fingerprint density at radius 2 is 1.95 bits per heavy atom. The number of hydrogen-bond donors (Lipinski definition) is 1. The normalized spacial score (nSPS) is 12.8. The standard InChI is InChI=1S/C17H24ClN3/c1-13(2)21-9-8-16(20-21)11-14(12-19-3)10-15-6-4-5-7-17(15)18/h4-9,13-14,19H,10-12H2,1-3H3. The number of halogens is 1. The highest BCUT2D eigenvalue weighted by atomic mass is 35.5. The maximum Gasteiger partial charge on any atom is 0.0628 e. The molecule has 1 aromatic carbocycles. The first kappa shape index (κ1) is 16.1. The molecule has 3 nitrogen and oxygen atoms in total. The largest absolute Gasteiger partial charge is 0.319 e. The van der Waals surface area contributed by atoms with Crippen molar-refractivity contribution in [3.8, 4) is 0 Å². The van der Waals surface area contributed by atoms with Gasteiger partial charge < -0.3 is 5.32 Å². The Morgan fingerprint density at radius 1 is 1.19 bits per heavy atom. The van der Waals surface area contributed by atoms with Gasteiger partial charge in [0.05, 0.1) is 5.69 Å². The SMILES string of the molecule is CNCC(Cc1ccn(C(C)C)n1)Cc1ccccc1Cl. The van der Waals surface area contributed by atoms with Crippen molar-refractivity contribution in [3.63, 3.8) is 0 Å². The maximum atomic E-state index is 6.28. The van der Waals surface area contributed by atoms with E-state index in [0.717, 1.165) is 30.1 Å². The topological polar surface area (TPSA) is 29.9 Å². The summed E-state index contributed by atoms with van der Waals surface area (Å²) in [7, 11) is 1.99. The molecule has 4 heteroatoms. The fourth-order valence-electron chi connectivity index (χ4n) is 2.55. The predicted octanol–water partition coefficient (Wildman–Crippen LogP) is 3.74. The lowest BCUT2D eigenvalue weighted by Crippen LogP contribution is -2.23. The van der Waals surface area contributed by atoms with Gasteiger partial charge in [-0.3, -0.25) is 4.68 Å². The van der Waals surface area contributed by atoms with E-state index in [0.29, 0.717) is 12.0 Å². The van der Waals surface area contributed by atoms with Crippen molar-refractivity contribution in [3.05, 3.63) is 52.8 Å². The van der Waals surface area contributed by atoms with E-state index in [-0.39, 0.29) is 0 Å². The van der Waals surface area contributed by atoms with Gasteiger partial charge in [0.25, 0.3) is 0 Å². The lowest BCUT2D eigenvalue weighted by molar-refractivity contribution is 0.474. The molecule has 0 aliphatic heterocycles. The summed E-state index contributed by atoms with van der Waals surface area (Å²) in [5.41, 5.74) is 2.36. The predicted molar refractivity (Wildman–Crippen MR) is 88.9 cm³/mol. The van der Waals surface area contributed by atoms with Crippen LogP contribution in [0.25, 0.3) is 0 Å². The average molecular weight is 306 g/mol. The summed E-state index contributed by atoms with van der Waals surface area (Å²) in [5, 5.41) is 8.78. The van der Waals surface area contributed by atoms with Crippen LogP contribution in [0.5, 0.6) is 0 Å². The van der Waals surface area contributed by atoms with Gasteiger partial charge in [0.15, 0.2) is 0 Å². The summed E-state index contributed by atoms with van der Waals surface area (Å²) in [6.07, 6.45) is 3.99. The van der Waals surface area contributed by atoms with Crippen LogP contribution in [-0.2, 0) is 12.8 Å². The Kier molecular flexibility index (Phi) is 5.83. The van der Waals surface area contributed by atoms with Gasteiger partial charge in [-0.05, 0) is 63.9 Å². The molecule has 21 heavy (non-hydrogen) atoms. The van der Waals surface area contributed by atoms with Crippen LogP contribution < -0.4 is 5.32 Å². The minimum Gasteiger partial charge on any atom is -0.319 e. The van der Waals surface area contributed by atoms with Crippen LogP contribution in [0.3, 0.4) is 0 Å². The Morgan fingerprint density at radius 3 is 2.57 bits per heavy atom. The van der Waals surface area contributed by atoms with Crippen LogP contribution in [0.15, 0.2) is 36.5 Å². The van der Waals surface area contributed by atoms with E-state index in [1.54, 1.807) is 0 Å². The minimum absolute atomic E-state index is 0.407. The average Bonchev–Trinajstić information content (AvgIpc) is 2.90. The molecule has 0 saturated carbocycles. The van der Waals surface area contributed by atoms with Crippen LogP contribution in [0, 0.1) is 5.92 Å². The third kappa shape index (κ3) is 4.58. The second-order valence-electron chi connectivity index (χ2n) is 5.80. The number of aromatic nitrogens is 2. The zero-order chi connectivity index (χ0) is 15.2. The number of nitrogens with zero attached hydrogens (tertiary/aromatic N) is 2. The van der Waals surface area contributed by atoms with E-state index in [1.165, 1.54) is 5.56 Å². The highest BCUT2D eigenvalue weighted by Crippen LogP contribution is 2.20. The fraction of sp³-hybridized carbons (Fsp3) is 0.471. The lowest BCUT2D eigenvalue weighted by atomic mass is 9.94. The molecule has 1 aromatic heterocycles. The molecular formula is C17H24ClN3. The lowest BCUT2D eigenvalue weighted by Gasteiger charge is -2.16.